The molecule has 2 heterocycles. The Balaban J connectivity index is 1.55. The quantitative estimate of drug-likeness (QED) is 0.562. The molecular formula is C24H27ClN4O3S. The molecular weight excluding hydrogens is 460 g/mol. The van der Waals surface area contributed by atoms with Crippen molar-refractivity contribution in [1.29, 1.82) is 0 Å². The molecule has 7 nitrogen and oxygen atoms in total. The van der Waals surface area contributed by atoms with E-state index in [1.165, 1.54) is 22.5 Å². The van der Waals surface area contributed by atoms with Crippen LogP contribution in [0.4, 0.5) is 0 Å². The van der Waals surface area contributed by atoms with Crippen molar-refractivity contribution in [1.82, 2.24) is 19.2 Å². The number of imidazole rings is 1. The van der Waals surface area contributed by atoms with Crippen molar-refractivity contribution in [2.24, 2.45) is 0 Å². The fraction of sp³-hybridized carbons (Fsp3) is 0.333. The van der Waals surface area contributed by atoms with E-state index in [9.17, 15) is 13.2 Å². The number of hydrogen-bond donors (Lipinski definition) is 1. The van der Waals surface area contributed by atoms with Gasteiger partial charge in [0, 0.05) is 32.0 Å². The smallest absolute Gasteiger partial charge is 0.253 e. The summed E-state index contributed by atoms with van der Waals surface area (Å²) in [4.78, 5) is 17.3. The Morgan fingerprint density at radius 2 is 1.82 bits per heavy atom. The van der Waals surface area contributed by atoms with Crippen molar-refractivity contribution in [2.45, 2.75) is 44.0 Å². The Bertz CT molecular complexity index is 1250. The van der Waals surface area contributed by atoms with Crippen molar-refractivity contribution in [3.63, 3.8) is 0 Å². The average molecular weight is 487 g/mol. The number of nitrogens with zero attached hydrogens (tertiary/aromatic N) is 3. The zero-order chi connectivity index (χ0) is 23.4. The van der Waals surface area contributed by atoms with Crippen molar-refractivity contribution in [3.8, 4) is 5.69 Å². The van der Waals surface area contributed by atoms with E-state index in [4.69, 9.17) is 11.6 Å². The van der Waals surface area contributed by atoms with E-state index in [2.05, 4.69) is 10.3 Å². The van der Waals surface area contributed by atoms with Gasteiger partial charge >= 0.3 is 0 Å². The predicted octanol–water partition coefficient (Wildman–Crippen LogP) is 4.33. The lowest BCUT2D eigenvalue weighted by atomic mass is 10.1. The lowest BCUT2D eigenvalue weighted by molar-refractivity contribution is 0.0951. The van der Waals surface area contributed by atoms with Crippen molar-refractivity contribution in [3.05, 3.63) is 76.8 Å². The second-order valence-electron chi connectivity index (χ2n) is 8.12. The summed E-state index contributed by atoms with van der Waals surface area (Å²) in [5, 5.41) is 3.09. The number of aryl methyl sites for hydroxylation is 1. The Kier molecular flexibility index (Phi) is 7.17. The third kappa shape index (κ3) is 5.13. The van der Waals surface area contributed by atoms with E-state index in [-0.39, 0.29) is 22.0 Å². The Hall–Kier alpha value is -2.68. The van der Waals surface area contributed by atoms with Gasteiger partial charge in [0.05, 0.1) is 21.2 Å². The SMILES string of the molecule is Cc1nccn1-c1ccccc1CNC(=O)c1cc(S(=O)(=O)N2CCCCCC2)ccc1Cl. The molecule has 33 heavy (non-hydrogen) atoms. The summed E-state index contributed by atoms with van der Waals surface area (Å²) in [6, 6.07) is 12.0. The fourth-order valence-corrected chi connectivity index (χ4v) is 5.82. The van der Waals surface area contributed by atoms with Gasteiger partial charge in [-0.05, 0) is 49.6 Å². The van der Waals surface area contributed by atoms with Crippen LogP contribution in [-0.4, -0.2) is 41.3 Å². The van der Waals surface area contributed by atoms with Gasteiger partial charge in [-0.2, -0.15) is 4.31 Å². The topological polar surface area (TPSA) is 84.3 Å². The van der Waals surface area contributed by atoms with E-state index in [1.807, 2.05) is 42.0 Å². The molecule has 1 N–H and O–H groups in total. The molecule has 0 radical (unpaired) electrons. The Morgan fingerprint density at radius 1 is 1.09 bits per heavy atom. The second-order valence-corrected chi connectivity index (χ2v) is 10.5. The zero-order valence-electron chi connectivity index (χ0n) is 18.5. The lowest BCUT2D eigenvalue weighted by Crippen LogP contribution is -2.32. The van der Waals surface area contributed by atoms with Crippen LogP contribution in [-0.2, 0) is 16.6 Å². The summed E-state index contributed by atoms with van der Waals surface area (Å²) in [7, 11) is -3.68. The summed E-state index contributed by atoms with van der Waals surface area (Å²) in [5.41, 5.74) is 1.96. The van der Waals surface area contributed by atoms with E-state index in [1.54, 1.807) is 6.20 Å². The van der Waals surface area contributed by atoms with Crippen LogP contribution in [0.1, 0.15) is 47.4 Å². The summed E-state index contributed by atoms with van der Waals surface area (Å²) in [6.45, 7) is 3.16. The number of hydrogen-bond acceptors (Lipinski definition) is 4. The van der Waals surface area contributed by atoms with E-state index >= 15 is 0 Å². The molecule has 4 rings (SSSR count). The average Bonchev–Trinajstić information content (AvgIpc) is 3.05. The van der Waals surface area contributed by atoms with E-state index in [0.717, 1.165) is 42.8 Å². The van der Waals surface area contributed by atoms with Gasteiger partial charge in [0.15, 0.2) is 0 Å². The summed E-state index contributed by atoms with van der Waals surface area (Å²) in [5.74, 6) is 0.410. The number of carbonyl (C=O) groups excluding carboxylic acids is 1. The number of rotatable bonds is 6. The molecule has 0 saturated carbocycles. The first-order chi connectivity index (χ1) is 15.9. The molecule has 3 aromatic rings. The van der Waals surface area contributed by atoms with Gasteiger partial charge in [0.2, 0.25) is 10.0 Å². The highest BCUT2D eigenvalue weighted by Gasteiger charge is 2.26. The van der Waals surface area contributed by atoms with Crippen LogP contribution in [0.3, 0.4) is 0 Å². The highest BCUT2D eigenvalue weighted by molar-refractivity contribution is 7.89. The molecule has 0 aliphatic carbocycles. The number of para-hydroxylation sites is 1. The molecule has 0 spiro atoms. The van der Waals surface area contributed by atoms with Gasteiger partial charge in [-0.15, -0.1) is 0 Å². The van der Waals surface area contributed by atoms with Gasteiger partial charge in [-0.3, -0.25) is 4.79 Å². The summed E-state index contributed by atoms with van der Waals surface area (Å²) in [6.07, 6.45) is 7.33. The molecule has 1 fully saturated rings. The molecule has 0 unspecified atom stereocenters. The molecule has 1 aromatic heterocycles. The lowest BCUT2D eigenvalue weighted by Gasteiger charge is -2.20. The normalized spacial score (nSPS) is 15.2. The molecule has 174 valence electrons. The van der Waals surface area contributed by atoms with Gasteiger partial charge in [0.1, 0.15) is 5.82 Å². The first-order valence-electron chi connectivity index (χ1n) is 11.0. The number of benzene rings is 2. The van der Waals surface area contributed by atoms with Crippen LogP contribution in [0.15, 0.2) is 59.8 Å². The third-order valence-electron chi connectivity index (χ3n) is 5.90. The minimum absolute atomic E-state index is 0.0911. The van der Waals surface area contributed by atoms with Gasteiger partial charge in [0.25, 0.3) is 5.91 Å². The number of carbonyl (C=O) groups is 1. The van der Waals surface area contributed by atoms with Gasteiger partial charge in [-0.1, -0.05) is 42.6 Å². The Morgan fingerprint density at radius 3 is 2.52 bits per heavy atom. The largest absolute Gasteiger partial charge is 0.348 e. The monoisotopic (exact) mass is 486 g/mol. The number of aromatic nitrogens is 2. The summed E-state index contributed by atoms with van der Waals surface area (Å²) >= 11 is 6.29. The molecule has 1 aliphatic rings. The number of nitrogens with one attached hydrogen (secondary N) is 1. The standard InChI is InChI=1S/C24H27ClN4O3S/c1-18-26-12-15-29(18)23-9-5-4-8-19(23)17-27-24(30)21-16-20(10-11-22(21)25)33(31,32)28-13-6-2-3-7-14-28/h4-5,8-12,15-16H,2-3,6-7,13-14,17H2,1H3,(H,27,30). The maximum absolute atomic E-state index is 13.2. The van der Waals surface area contributed by atoms with Crippen LogP contribution in [0.5, 0.6) is 0 Å². The van der Waals surface area contributed by atoms with Crippen molar-refractivity contribution >= 4 is 27.5 Å². The van der Waals surface area contributed by atoms with Crippen LogP contribution in [0.2, 0.25) is 5.02 Å². The first kappa shape index (κ1) is 23.5. The van der Waals surface area contributed by atoms with Crippen LogP contribution in [0, 0.1) is 6.92 Å². The molecule has 2 aromatic carbocycles. The number of halogens is 1. The molecule has 1 aliphatic heterocycles. The van der Waals surface area contributed by atoms with Crippen molar-refractivity contribution in [2.75, 3.05) is 13.1 Å². The van der Waals surface area contributed by atoms with Gasteiger partial charge in [-0.25, -0.2) is 13.4 Å². The van der Waals surface area contributed by atoms with Crippen molar-refractivity contribution < 1.29 is 13.2 Å². The van der Waals surface area contributed by atoms with Crippen LogP contribution < -0.4 is 5.32 Å². The molecule has 1 amide bonds. The second kappa shape index (κ2) is 10.1. The maximum Gasteiger partial charge on any atom is 0.253 e. The van der Waals surface area contributed by atoms with E-state index in [0.29, 0.717) is 13.1 Å². The minimum atomic E-state index is -3.68. The highest BCUT2D eigenvalue weighted by Crippen LogP contribution is 2.25. The zero-order valence-corrected chi connectivity index (χ0v) is 20.1. The van der Waals surface area contributed by atoms with Crippen LogP contribution in [0.25, 0.3) is 5.69 Å². The number of amides is 1. The van der Waals surface area contributed by atoms with E-state index < -0.39 is 15.9 Å². The third-order valence-corrected chi connectivity index (χ3v) is 8.13. The van der Waals surface area contributed by atoms with Gasteiger partial charge < -0.3 is 9.88 Å². The fourth-order valence-electron chi connectivity index (χ4n) is 4.07. The Labute approximate surface area is 199 Å². The summed E-state index contributed by atoms with van der Waals surface area (Å²) < 4.78 is 29.8. The molecule has 1 saturated heterocycles. The molecule has 0 atom stereocenters. The molecule has 0 bridgehead atoms. The minimum Gasteiger partial charge on any atom is -0.348 e. The highest BCUT2D eigenvalue weighted by atomic mass is 35.5. The number of sulfonamides is 1. The molecule has 9 heteroatoms. The van der Waals surface area contributed by atoms with Crippen LogP contribution >= 0.6 is 11.6 Å². The first-order valence-corrected chi connectivity index (χ1v) is 12.9. The predicted molar refractivity (Wildman–Crippen MR) is 128 cm³/mol. The maximum atomic E-state index is 13.2.